The number of nitrogens with one attached hydrogen (secondary N) is 2. The number of halogens is 2. The summed E-state index contributed by atoms with van der Waals surface area (Å²) in [5, 5.41) is 27.6. The number of aliphatic hydroxyl groups is 2. The molecule has 214 valence electrons. The Balaban J connectivity index is 1.07. The average molecular weight is 587 g/mol. The van der Waals surface area contributed by atoms with Gasteiger partial charge in [0.25, 0.3) is 0 Å². The van der Waals surface area contributed by atoms with Crippen LogP contribution in [0.3, 0.4) is 0 Å². The number of rotatable bonds is 11. The van der Waals surface area contributed by atoms with Gasteiger partial charge in [-0.25, -0.2) is 15.0 Å². The summed E-state index contributed by atoms with van der Waals surface area (Å²) >= 11 is 12.3. The molecule has 0 aliphatic heterocycles. The van der Waals surface area contributed by atoms with Crippen molar-refractivity contribution in [3.05, 3.63) is 46.6 Å². The largest absolute Gasteiger partial charge is 0.390 e. The van der Waals surface area contributed by atoms with Gasteiger partial charge in [0.2, 0.25) is 0 Å². The zero-order valence-electron chi connectivity index (χ0n) is 22.9. The molecule has 2 fully saturated rings. The molecule has 2 aliphatic carbocycles. The molecule has 0 amide bonds. The molecular formula is C29H37Cl2N7O2. The number of fused-ring (bicyclic) bond motifs is 2. The third-order valence-electron chi connectivity index (χ3n) is 8.44. The van der Waals surface area contributed by atoms with Crippen molar-refractivity contribution >= 4 is 51.1 Å². The Labute approximate surface area is 243 Å². The maximum Gasteiger partial charge on any atom is 0.145 e. The second-order valence-corrected chi connectivity index (χ2v) is 12.5. The first-order valence-electron chi connectivity index (χ1n) is 14.3. The van der Waals surface area contributed by atoms with E-state index in [1.807, 2.05) is 22.9 Å². The highest BCUT2D eigenvalue weighted by atomic mass is 35.5. The zero-order valence-corrected chi connectivity index (χ0v) is 24.4. The van der Waals surface area contributed by atoms with Crippen molar-refractivity contribution in [2.75, 3.05) is 18.4 Å². The van der Waals surface area contributed by atoms with E-state index in [2.05, 4.69) is 44.0 Å². The van der Waals surface area contributed by atoms with Crippen LogP contribution in [-0.4, -0.2) is 77.0 Å². The van der Waals surface area contributed by atoms with E-state index in [9.17, 15) is 10.2 Å². The highest BCUT2D eigenvalue weighted by Crippen LogP contribution is 2.39. The Kier molecular flexibility index (Phi) is 7.94. The van der Waals surface area contributed by atoms with Gasteiger partial charge in [-0.3, -0.25) is 0 Å². The van der Waals surface area contributed by atoms with Crippen molar-refractivity contribution < 1.29 is 10.2 Å². The van der Waals surface area contributed by atoms with Gasteiger partial charge in [0, 0.05) is 37.2 Å². The molecule has 0 bridgehead atoms. The molecule has 4 aromatic rings. The van der Waals surface area contributed by atoms with Gasteiger partial charge < -0.3 is 30.0 Å². The van der Waals surface area contributed by atoms with E-state index in [0.29, 0.717) is 28.5 Å². The number of anilines is 1. The van der Waals surface area contributed by atoms with Crippen LogP contribution in [0.4, 0.5) is 5.82 Å². The molecular weight excluding hydrogens is 549 g/mol. The Morgan fingerprint density at radius 1 is 1.12 bits per heavy atom. The van der Waals surface area contributed by atoms with Crippen LogP contribution in [0, 0.1) is 5.92 Å². The molecule has 40 heavy (non-hydrogen) atoms. The molecule has 4 atom stereocenters. The second kappa shape index (κ2) is 11.4. The molecule has 2 aliphatic rings. The van der Waals surface area contributed by atoms with Crippen LogP contribution in [-0.2, 0) is 6.42 Å². The van der Waals surface area contributed by atoms with Crippen molar-refractivity contribution in [1.82, 2.24) is 29.4 Å². The molecule has 3 aromatic heterocycles. The van der Waals surface area contributed by atoms with Gasteiger partial charge in [-0.1, -0.05) is 23.2 Å². The number of aryl methyl sites for hydroxylation is 1. The Morgan fingerprint density at radius 2 is 1.93 bits per heavy atom. The Morgan fingerprint density at radius 3 is 2.70 bits per heavy atom. The lowest BCUT2D eigenvalue weighted by Gasteiger charge is -2.30. The summed E-state index contributed by atoms with van der Waals surface area (Å²) in [7, 11) is 0. The fraction of sp³-hybridized carbons (Fsp3) is 0.552. The van der Waals surface area contributed by atoms with Gasteiger partial charge in [0.15, 0.2) is 0 Å². The minimum atomic E-state index is -0.848. The lowest BCUT2D eigenvalue weighted by molar-refractivity contribution is -0.00171. The molecule has 3 heterocycles. The van der Waals surface area contributed by atoms with Gasteiger partial charge >= 0.3 is 0 Å². The number of hydrogen-bond donors (Lipinski definition) is 4. The van der Waals surface area contributed by atoms with E-state index in [0.717, 1.165) is 78.9 Å². The number of hydrogen-bond acceptors (Lipinski definition) is 7. The summed E-state index contributed by atoms with van der Waals surface area (Å²) < 4.78 is 2.02. The predicted octanol–water partition coefficient (Wildman–Crippen LogP) is 5.20. The summed E-state index contributed by atoms with van der Waals surface area (Å²) in [6.07, 6.45) is 7.75. The van der Waals surface area contributed by atoms with Gasteiger partial charge in [-0.15, -0.1) is 0 Å². The van der Waals surface area contributed by atoms with Crippen LogP contribution >= 0.6 is 23.2 Å². The van der Waals surface area contributed by atoms with Gasteiger partial charge in [0.1, 0.15) is 29.7 Å². The molecule has 0 radical (unpaired) electrons. The average Bonchev–Trinajstić information content (AvgIpc) is 3.39. The van der Waals surface area contributed by atoms with Crippen LogP contribution in [0.1, 0.15) is 57.8 Å². The predicted molar refractivity (Wildman–Crippen MR) is 159 cm³/mol. The molecule has 6 rings (SSSR count). The minimum absolute atomic E-state index is 0.0318. The first kappa shape index (κ1) is 27.7. The summed E-state index contributed by atoms with van der Waals surface area (Å²) in [6.45, 7) is 6.02. The lowest BCUT2D eigenvalue weighted by Crippen LogP contribution is -2.40. The Hall–Kier alpha value is -2.43. The van der Waals surface area contributed by atoms with Crippen molar-refractivity contribution in [3.63, 3.8) is 0 Å². The van der Waals surface area contributed by atoms with Gasteiger partial charge in [0.05, 0.1) is 38.6 Å². The van der Waals surface area contributed by atoms with Crippen molar-refractivity contribution in [2.24, 2.45) is 5.92 Å². The van der Waals surface area contributed by atoms with Gasteiger partial charge in [-0.05, 0) is 70.7 Å². The van der Waals surface area contributed by atoms with E-state index in [1.54, 1.807) is 12.4 Å². The third-order valence-corrected chi connectivity index (χ3v) is 9.16. The van der Waals surface area contributed by atoms with Gasteiger partial charge in [-0.2, -0.15) is 0 Å². The number of aromatic nitrogens is 5. The lowest BCUT2D eigenvalue weighted by atomic mass is 10.0. The smallest absolute Gasteiger partial charge is 0.145 e. The second-order valence-electron chi connectivity index (χ2n) is 11.7. The van der Waals surface area contributed by atoms with E-state index in [1.165, 1.54) is 0 Å². The fourth-order valence-electron chi connectivity index (χ4n) is 5.98. The summed E-state index contributed by atoms with van der Waals surface area (Å²) in [6, 6.07) is 6.21. The van der Waals surface area contributed by atoms with Crippen LogP contribution < -0.4 is 5.32 Å². The number of aliphatic hydroxyl groups excluding tert-OH is 2. The Bertz CT molecular complexity index is 1450. The fourth-order valence-corrected chi connectivity index (χ4v) is 6.30. The van der Waals surface area contributed by atoms with Crippen molar-refractivity contribution in [3.8, 4) is 0 Å². The van der Waals surface area contributed by atoms with E-state index < -0.39 is 12.2 Å². The van der Waals surface area contributed by atoms with Crippen LogP contribution in [0.2, 0.25) is 10.0 Å². The number of imidazole rings is 1. The quantitative estimate of drug-likeness (QED) is 0.179. The topological polar surface area (TPSA) is 115 Å². The normalized spacial score (nSPS) is 23.3. The van der Waals surface area contributed by atoms with Crippen LogP contribution in [0.25, 0.3) is 22.1 Å². The SMILES string of the molecule is CC(C)N(CCCCc1nc2cc(Cl)c(Cl)cc2[nH]1)C[C@H]1CC(n2ccc3c(NC4CC4)ncnc32)C(O)[C@@H]1O. The summed E-state index contributed by atoms with van der Waals surface area (Å²) in [5.74, 6) is 1.74. The molecule has 1 aromatic carbocycles. The molecule has 9 nitrogen and oxygen atoms in total. The van der Waals surface area contributed by atoms with Crippen molar-refractivity contribution in [2.45, 2.75) is 82.7 Å². The molecule has 2 saturated carbocycles. The highest BCUT2D eigenvalue weighted by molar-refractivity contribution is 6.42. The zero-order chi connectivity index (χ0) is 28.0. The third kappa shape index (κ3) is 5.67. The first-order chi connectivity index (χ1) is 19.3. The molecule has 11 heteroatoms. The molecule has 2 unspecified atom stereocenters. The van der Waals surface area contributed by atoms with E-state index in [4.69, 9.17) is 23.2 Å². The summed E-state index contributed by atoms with van der Waals surface area (Å²) in [4.78, 5) is 19.4. The number of nitrogens with zero attached hydrogens (tertiary/aromatic N) is 5. The monoisotopic (exact) mass is 585 g/mol. The minimum Gasteiger partial charge on any atom is -0.390 e. The maximum atomic E-state index is 11.1. The number of aromatic amines is 1. The number of benzene rings is 1. The van der Waals surface area contributed by atoms with E-state index in [-0.39, 0.29) is 12.0 Å². The van der Waals surface area contributed by atoms with Crippen LogP contribution in [0.15, 0.2) is 30.7 Å². The molecule has 0 spiro atoms. The van der Waals surface area contributed by atoms with Crippen molar-refractivity contribution in [1.29, 1.82) is 0 Å². The van der Waals surface area contributed by atoms with Crippen LogP contribution in [0.5, 0.6) is 0 Å². The number of unbranched alkanes of at least 4 members (excludes halogenated alkanes) is 1. The molecule has 4 N–H and O–H groups in total. The highest BCUT2D eigenvalue weighted by Gasteiger charge is 2.43. The summed E-state index contributed by atoms with van der Waals surface area (Å²) in [5.41, 5.74) is 2.52. The number of H-pyrrole nitrogens is 1. The molecule has 0 saturated heterocycles. The van der Waals surface area contributed by atoms with E-state index >= 15 is 0 Å². The standard InChI is InChI=1S/C29H37Cl2N7O2/c1-16(2)37(9-4-3-5-25-35-22-12-20(30)21(31)13-23(22)36-25)14-17-11-24(27(40)26(17)39)38-10-8-19-28(34-18-6-7-18)32-15-33-29(19)38/h8,10,12-13,15-18,24,26-27,39-40H,3-7,9,11,14H2,1-2H3,(H,35,36)(H,32,33,34)/t17-,24?,26-,27?/m1/s1. The maximum absolute atomic E-state index is 11.1. The first-order valence-corrected chi connectivity index (χ1v) is 15.1.